The minimum atomic E-state index is -1.12. The van der Waals surface area contributed by atoms with E-state index in [9.17, 15) is 24.0 Å². The van der Waals surface area contributed by atoms with Gasteiger partial charge in [-0.1, -0.05) is 0 Å². The fourth-order valence-electron chi connectivity index (χ4n) is 2.54. The molecule has 0 spiro atoms. The molecule has 3 atom stereocenters. The average molecular weight is 357 g/mol. The molecule has 140 valence electrons. The van der Waals surface area contributed by atoms with Gasteiger partial charge in [-0.15, -0.1) is 0 Å². The maximum absolute atomic E-state index is 12.3. The molecule has 1 saturated heterocycles. The summed E-state index contributed by atoms with van der Waals surface area (Å²) in [5.74, 6) is -3.90. The molecule has 25 heavy (non-hydrogen) atoms. The highest BCUT2D eigenvalue weighted by molar-refractivity contribution is 5.93. The molecule has 1 fully saturated rings. The first-order valence-corrected chi connectivity index (χ1v) is 7.98. The number of carbonyl (C=O) groups excluding carboxylic acids is 3. The van der Waals surface area contributed by atoms with Crippen LogP contribution in [0.3, 0.4) is 0 Å². The van der Waals surface area contributed by atoms with Crippen LogP contribution in [0.25, 0.3) is 0 Å². The number of carboxylic acids is 2. The molecule has 1 rings (SSSR count). The number of nitrogens with zero attached hydrogens (tertiary/aromatic N) is 1. The summed E-state index contributed by atoms with van der Waals surface area (Å²) in [6.07, 6.45) is 0.354. The molecule has 0 aromatic rings. The molecule has 0 radical (unpaired) electrons. The first-order chi connectivity index (χ1) is 11.6. The van der Waals surface area contributed by atoms with Crippen molar-refractivity contribution in [3.05, 3.63) is 0 Å². The van der Waals surface area contributed by atoms with E-state index in [2.05, 4.69) is 10.6 Å². The number of likely N-dealkylation sites (tertiary alicyclic amines) is 1. The Morgan fingerprint density at radius 1 is 1.04 bits per heavy atom. The largest absolute Gasteiger partial charge is 0.481 e. The summed E-state index contributed by atoms with van der Waals surface area (Å²) >= 11 is 0. The van der Waals surface area contributed by atoms with Crippen LogP contribution in [-0.2, 0) is 24.0 Å². The highest BCUT2D eigenvalue weighted by atomic mass is 16.4. The predicted octanol–water partition coefficient (Wildman–Crippen LogP) is -1.06. The summed E-state index contributed by atoms with van der Waals surface area (Å²) < 4.78 is 0. The van der Waals surface area contributed by atoms with Gasteiger partial charge < -0.3 is 25.7 Å². The Morgan fingerprint density at radius 3 is 2.24 bits per heavy atom. The minimum absolute atomic E-state index is 0.254. The maximum Gasteiger partial charge on any atom is 0.326 e. The van der Waals surface area contributed by atoms with Gasteiger partial charge in [0.2, 0.25) is 17.7 Å². The van der Waals surface area contributed by atoms with Crippen molar-refractivity contribution in [3.8, 4) is 0 Å². The van der Waals surface area contributed by atoms with Crippen molar-refractivity contribution in [1.29, 1.82) is 0 Å². The lowest BCUT2D eigenvalue weighted by molar-refractivity contribution is -0.149. The first-order valence-electron chi connectivity index (χ1n) is 7.98. The summed E-state index contributed by atoms with van der Waals surface area (Å²) in [5, 5.41) is 22.4. The summed E-state index contributed by atoms with van der Waals surface area (Å²) in [5.41, 5.74) is 0. The van der Waals surface area contributed by atoms with Gasteiger partial charge in [0.25, 0.3) is 0 Å². The summed E-state index contributed by atoms with van der Waals surface area (Å²) in [6, 6.07) is -2.78. The Hall–Kier alpha value is -2.65. The molecule has 10 nitrogen and oxygen atoms in total. The smallest absolute Gasteiger partial charge is 0.326 e. The Balaban J connectivity index is 2.52. The fraction of sp³-hybridized carbons (Fsp3) is 0.667. The van der Waals surface area contributed by atoms with E-state index >= 15 is 0 Å². The van der Waals surface area contributed by atoms with Gasteiger partial charge in [0.05, 0.1) is 6.42 Å². The van der Waals surface area contributed by atoms with E-state index < -0.39 is 47.8 Å². The molecule has 0 aromatic carbocycles. The molecule has 0 saturated carbocycles. The first kappa shape index (κ1) is 20.4. The molecule has 3 amide bonds. The third-order valence-electron chi connectivity index (χ3n) is 3.89. The highest BCUT2D eigenvalue weighted by Gasteiger charge is 2.36. The Labute approximate surface area is 144 Å². The monoisotopic (exact) mass is 357 g/mol. The minimum Gasteiger partial charge on any atom is -0.481 e. The van der Waals surface area contributed by atoms with Crippen molar-refractivity contribution in [2.45, 2.75) is 57.7 Å². The van der Waals surface area contributed by atoms with Crippen LogP contribution in [-0.4, -0.2) is 69.4 Å². The number of carbonyl (C=O) groups is 5. The highest BCUT2D eigenvalue weighted by Crippen LogP contribution is 2.18. The molecule has 10 heteroatoms. The molecule has 3 unspecified atom stereocenters. The van der Waals surface area contributed by atoms with Crippen LogP contribution in [0.2, 0.25) is 0 Å². The van der Waals surface area contributed by atoms with Gasteiger partial charge in [0, 0.05) is 13.0 Å². The lowest BCUT2D eigenvalue weighted by atomic mass is 10.2. The second-order valence-corrected chi connectivity index (χ2v) is 5.94. The quantitative estimate of drug-likeness (QED) is 0.432. The van der Waals surface area contributed by atoms with Gasteiger partial charge in [-0.05, 0) is 26.7 Å². The number of carboxylic acid groups (broad SMARTS) is 2. The average Bonchev–Trinajstić information content (AvgIpc) is 3.01. The summed E-state index contributed by atoms with van der Waals surface area (Å²) in [6.45, 7) is 3.16. The van der Waals surface area contributed by atoms with Crippen LogP contribution >= 0.6 is 0 Å². The van der Waals surface area contributed by atoms with Gasteiger partial charge in [-0.3, -0.25) is 19.2 Å². The van der Waals surface area contributed by atoms with Gasteiger partial charge in [0.15, 0.2) is 0 Å². The van der Waals surface area contributed by atoms with Crippen LogP contribution in [0.15, 0.2) is 0 Å². The maximum atomic E-state index is 12.3. The van der Waals surface area contributed by atoms with Crippen LogP contribution < -0.4 is 10.6 Å². The Bertz CT molecular complexity index is 563. The Kier molecular flexibility index (Phi) is 7.34. The molecule has 0 aliphatic carbocycles. The standard InChI is InChI=1S/C15H23N3O7/c1-8(16-11(19)5-6-12(20)21)13(22)17-9(2)14(23)18-7-3-4-10(18)15(24)25/h8-10H,3-7H2,1-2H3,(H,16,19)(H,17,22)(H,20,21)(H,24,25). The third kappa shape index (κ3) is 6.05. The van der Waals surface area contributed by atoms with Crippen molar-refractivity contribution in [3.63, 3.8) is 0 Å². The van der Waals surface area contributed by atoms with E-state index in [0.717, 1.165) is 0 Å². The van der Waals surface area contributed by atoms with Crippen molar-refractivity contribution in [2.75, 3.05) is 6.54 Å². The lowest BCUT2D eigenvalue weighted by Gasteiger charge is -2.26. The van der Waals surface area contributed by atoms with E-state index in [4.69, 9.17) is 10.2 Å². The lowest BCUT2D eigenvalue weighted by Crippen LogP contribution is -2.54. The zero-order valence-corrected chi connectivity index (χ0v) is 14.2. The van der Waals surface area contributed by atoms with Crippen LogP contribution in [0.5, 0.6) is 0 Å². The predicted molar refractivity (Wildman–Crippen MR) is 84.5 cm³/mol. The summed E-state index contributed by atoms with van der Waals surface area (Å²) in [4.78, 5) is 58.6. The van der Waals surface area contributed by atoms with Crippen molar-refractivity contribution < 1.29 is 34.2 Å². The van der Waals surface area contributed by atoms with Gasteiger partial charge in [0.1, 0.15) is 18.1 Å². The van der Waals surface area contributed by atoms with E-state index in [1.54, 1.807) is 0 Å². The topological polar surface area (TPSA) is 153 Å². The second-order valence-electron chi connectivity index (χ2n) is 5.94. The van der Waals surface area contributed by atoms with Gasteiger partial charge >= 0.3 is 11.9 Å². The van der Waals surface area contributed by atoms with Crippen LogP contribution in [0.4, 0.5) is 0 Å². The van der Waals surface area contributed by atoms with Crippen LogP contribution in [0, 0.1) is 0 Å². The molecular weight excluding hydrogens is 334 g/mol. The van der Waals surface area contributed by atoms with Gasteiger partial charge in [-0.25, -0.2) is 4.79 Å². The molecular formula is C15H23N3O7. The van der Waals surface area contributed by atoms with Crippen molar-refractivity contribution in [1.82, 2.24) is 15.5 Å². The van der Waals surface area contributed by atoms with Gasteiger partial charge in [-0.2, -0.15) is 0 Å². The Morgan fingerprint density at radius 2 is 1.68 bits per heavy atom. The number of rotatable bonds is 8. The van der Waals surface area contributed by atoms with E-state index in [1.165, 1.54) is 18.7 Å². The van der Waals surface area contributed by atoms with E-state index in [0.29, 0.717) is 19.4 Å². The number of amides is 3. The molecule has 0 aromatic heterocycles. The molecule has 1 aliphatic heterocycles. The fourth-order valence-corrected chi connectivity index (χ4v) is 2.54. The number of hydrogen-bond donors (Lipinski definition) is 4. The van der Waals surface area contributed by atoms with Crippen molar-refractivity contribution in [2.24, 2.45) is 0 Å². The number of hydrogen-bond acceptors (Lipinski definition) is 5. The molecule has 4 N–H and O–H groups in total. The SMILES string of the molecule is CC(NC(=O)CCC(=O)O)C(=O)NC(C)C(=O)N1CCCC1C(=O)O. The summed E-state index contributed by atoms with van der Waals surface area (Å²) in [7, 11) is 0. The molecule has 1 aliphatic rings. The van der Waals surface area contributed by atoms with E-state index in [1.807, 2.05) is 0 Å². The number of aliphatic carboxylic acids is 2. The van der Waals surface area contributed by atoms with E-state index in [-0.39, 0.29) is 12.8 Å². The molecule has 1 heterocycles. The number of nitrogens with one attached hydrogen (secondary N) is 2. The third-order valence-corrected chi connectivity index (χ3v) is 3.89. The van der Waals surface area contributed by atoms with Crippen molar-refractivity contribution >= 4 is 29.7 Å². The second kappa shape index (κ2) is 9.00. The molecule has 0 bridgehead atoms. The van der Waals surface area contributed by atoms with Crippen LogP contribution in [0.1, 0.15) is 39.5 Å². The zero-order valence-electron chi connectivity index (χ0n) is 14.2. The zero-order chi connectivity index (χ0) is 19.1. The normalized spacial score (nSPS) is 19.0.